The zero-order valence-corrected chi connectivity index (χ0v) is 16.9. The third-order valence-corrected chi connectivity index (χ3v) is 5.43. The van der Waals surface area contributed by atoms with Gasteiger partial charge in [-0.2, -0.15) is 0 Å². The second-order valence-corrected chi connectivity index (χ2v) is 9.02. The van der Waals surface area contributed by atoms with Gasteiger partial charge in [-0.1, -0.05) is 18.2 Å². The summed E-state index contributed by atoms with van der Waals surface area (Å²) in [5, 5.41) is 10.8. The van der Waals surface area contributed by atoms with Gasteiger partial charge < -0.3 is 4.74 Å². The molecule has 0 fully saturated rings. The number of benzene rings is 2. The van der Waals surface area contributed by atoms with Gasteiger partial charge in [0.1, 0.15) is 6.61 Å². The fourth-order valence-electron chi connectivity index (χ4n) is 2.44. The van der Waals surface area contributed by atoms with Crippen molar-refractivity contribution in [2.75, 3.05) is 0 Å². The van der Waals surface area contributed by atoms with Crippen molar-refractivity contribution < 1.29 is 22.9 Å². The Balaban J connectivity index is 2.22. The van der Waals surface area contributed by atoms with Crippen LogP contribution in [0.4, 0.5) is 5.69 Å². The van der Waals surface area contributed by atoms with E-state index in [1.807, 2.05) is 0 Å². The number of aryl methyl sites for hydroxylation is 1. The first-order chi connectivity index (χ1) is 12.9. The Morgan fingerprint density at radius 2 is 1.86 bits per heavy atom. The minimum absolute atomic E-state index is 0.0460. The summed E-state index contributed by atoms with van der Waals surface area (Å²) in [7, 11) is -3.81. The van der Waals surface area contributed by atoms with Crippen LogP contribution in [0.25, 0.3) is 0 Å². The van der Waals surface area contributed by atoms with E-state index in [0.29, 0.717) is 11.1 Å². The molecule has 8 nitrogen and oxygen atoms in total. The summed E-state index contributed by atoms with van der Waals surface area (Å²) < 4.78 is 32.7. The summed E-state index contributed by atoms with van der Waals surface area (Å²) in [5.74, 6) is -0.711. The Hall–Kier alpha value is -2.78. The number of hydrogen-bond acceptors (Lipinski definition) is 6. The molecule has 0 bridgehead atoms. The smallest absolute Gasteiger partial charge is 0.338 e. The van der Waals surface area contributed by atoms with Gasteiger partial charge >= 0.3 is 5.97 Å². The number of hydrogen-bond donors (Lipinski definition) is 1. The lowest BCUT2D eigenvalue weighted by atomic mass is 10.1. The quantitative estimate of drug-likeness (QED) is 0.447. The molecule has 0 aliphatic rings. The molecule has 0 atom stereocenters. The van der Waals surface area contributed by atoms with Gasteiger partial charge in [-0.15, -0.1) is 0 Å². The van der Waals surface area contributed by atoms with E-state index in [4.69, 9.17) is 4.74 Å². The molecule has 0 aromatic heterocycles. The van der Waals surface area contributed by atoms with E-state index in [9.17, 15) is 23.3 Å². The highest BCUT2D eigenvalue weighted by Crippen LogP contribution is 2.20. The van der Waals surface area contributed by atoms with Crippen LogP contribution in [0.1, 0.15) is 42.3 Å². The third kappa shape index (κ3) is 5.61. The van der Waals surface area contributed by atoms with Gasteiger partial charge in [-0.25, -0.2) is 17.9 Å². The highest BCUT2D eigenvalue weighted by atomic mass is 32.2. The molecule has 150 valence electrons. The lowest BCUT2D eigenvalue weighted by molar-refractivity contribution is -0.384. The van der Waals surface area contributed by atoms with Gasteiger partial charge in [0.25, 0.3) is 5.69 Å². The minimum atomic E-state index is -3.81. The lowest BCUT2D eigenvalue weighted by Crippen LogP contribution is -2.40. The highest BCUT2D eigenvalue weighted by Gasteiger charge is 2.24. The number of nitrogens with zero attached hydrogens (tertiary/aromatic N) is 1. The van der Waals surface area contributed by atoms with Gasteiger partial charge in [0.2, 0.25) is 10.0 Å². The fraction of sp³-hybridized carbons (Fsp3) is 0.316. The number of nitro groups is 1. The number of non-ortho nitro benzene ring substituents is 1. The van der Waals surface area contributed by atoms with Crippen LogP contribution in [0.15, 0.2) is 47.4 Å². The van der Waals surface area contributed by atoms with Crippen molar-refractivity contribution in [1.29, 1.82) is 0 Å². The first kappa shape index (κ1) is 21.5. The zero-order chi connectivity index (χ0) is 21.1. The van der Waals surface area contributed by atoms with Crippen LogP contribution in [0, 0.1) is 17.0 Å². The number of nitro benzene ring substituents is 1. The maximum Gasteiger partial charge on any atom is 0.338 e. The van der Waals surface area contributed by atoms with Crippen LogP contribution >= 0.6 is 0 Å². The average Bonchev–Trinajstić information content (AvgIpc) is 2.58. The van der Waals surface area contributed by atoms with Crippen molar-refractivity contribution in [1.82, 2.24) is 4.72 Å². The number of esters is 1. The molecule has 2 rings (SSSR count). The van der Waals surface area contributed by atoms with Crippen LogP contribution < -0.4 is 4.72 Å². The molecule has 0 amide bonds. The summed E-state index contributed by atoms with van der Waals surface area (Å²) in [6, 6.07) is 9.96. The van der Waals surface area contributed by atoms with E-state index in [2.05, 4.69) is 4.72 Å². The topological polar surface area (TPSA) is 116 Å². The zero-order valence-electron chi connectivity index (χ0n) is 16.1. The molecule has 9 heteroatoms. The van der Waals surface area contributed by atoms with Crippen molar-refractivity contribution in [3.05, 3.63) is 69.3 Å². The number of nitrogens with one attached hydrogen (secondary N) is 1. The van der Waals surface area contributed by atoms with Crippen molar-refractivity contribution >= 4 is 21.7 Å². The Bertz CT molecular complexity index is 1010. The van der Waals surface area contributed by atoms with E-state index in [-0.39, 0.29) is 22.8 Å². The van der Waals surface area contributed by atoms with Gasteiger partial charge in [-0.05, 0) is 51.0 Å². The number of carbonyl (C=O) groups is 1. The Labute approximate surface area is 163 Å². The van der Waals surface area contributed by atoms with E-state index in [1.165, 1.54) is 36.4 Å². The predicted molar refractivity (Wildman–Crippen MR) is 103 cm³/mol. The standard InChI is InChI=1S/C19H22N2O6S/c1-13-8-9-16(28(25,26)20-19(2,3)4)11-17(13)18(22)27-12-14-6-5-7-15(10-14)21(23)24/h5-11,20H,12H2,1-4H3. The van der Waals surface area contributed by atoms with E-state index < -0.39 is 26.5 Å². The van der Waals surface area contributed by atoms with Gasteiger partial charge in [0, 0.05) is 17.7 Å². The minimum Gasteiger partial charge on any atom is -0.457 e. The summed E-state index contributed by atoms with van der Waals surface area (Å²) in [6.45, 7) is 6.64. The van der Waals surface area contributed by atoms with Crippen molar-refractivity contribution in [3.8, 4) is 0 Å². The van der Waals surface area contributed by atoms with E-state index in [1.54, 1.807) is 33.8 Å². The molecule has 2 aromatic carbocycles. The van der Waals surface area contributed by atoms with E-state index >= 15 is 0 Å². The summed E-state index contributed by atoms with van der Waals surface area (Å²) in [5.41, 5.74) is 0.345. The maximum absolute atomic E-state index is 12.5. The number of ether oxygens (including phenoxy) is 1. The largest absolute Gasteiger partial charge is 0.457 e. The van der Waals surface area contributed by atoms with Crippen LogP contribution in [-0.2, 0) is 21.4 Å². The van der Waals surface area contributed by atoms with Crippen molar-refractivity contribution in [2.45, 2.75) is 44.7 Å². The Morgan fingerprint density at radius 3 is 2.46 bits per heavy atom. The molecule has 0 heterocycles. The average molecular weight is 406 g/mol. The van der Waals surface area contributed by atoms with Crippen LogP contribution in [0.2, 0.25) is 0 Å². The molecule has 0 aliphatic heterocycles. The first-order valence-corrected chi connectivity index (χ1v) is 9.92. The summed E-state index contributed by atoms with van der Waals surface area (Å²) in [4.78, 5) is 22.7. The molecule has 0 unspecified atom stereocenters. The number of rotatable bonds is 6. The molecule has 28 heavy (non-hydrogen) atoms. The van der Waals surface area contributed by atoms with Gasteiger partial charge in [0.05, 0.1) is 15.4 Å². The monoisotopic (exact) mass is 406 g/mol. The summed E-state index contributed by atoms with van der Waals surface area (Å²) in [6.07, 6.45) is 0. The van der Waals surface area contributed by atoms with Gasteiger partial charge in [0.15, 0.2) is 0 Å². The van der Waals surface area contributed by atoms with Crippen molar-refractivity contribution in [2.24, 2.45) is 0 Å². The van der Waals surface area contributed by atoms with Crippen LogP contribution in [0.3, 0.4) is 0 Å². The fourth-order valence-corrected chi connectivity index (χ4v) is 3.88. The Morgan fingerprint density at radius 1 is 1.18 bits per heavy atom. The maximum atomic E-state index is 12.5. The lowest BCUT2D eigenvalue weighted by Gasteiger charge is -2.20. The third-order valence-electron chi connectivity index (χ3n) is 3.67. The van der Waals surface area contributed by atoms with Crippen LogP contribution in [-0.4, -0.2) is 24.8 Å². The van der Waals surface area contributed by atoms with Gasteiger partial charge in [-0.3, -0.25) is 10.1 Å². The highest BCUT2D eigenvalue weighted by molar-refractivity contribution is 7.89. The molecular weight excluding hydrogens is 384 g/mol. The number of sulfonamides is 1. The molecule has 0 aliphatic carbocycles. The SMILES string of the molecule is Cc1ccc(S(=O)(=O)NC(C)(C)C)cc1C(=O)OCc1cccc([N+](=O)[O-])c1. The molecule has 0 saturated carbocycles. The molecular formula is C19H22N2O6S. The normalized spacial score (nSPS) is 11.9. The molecule has 0 spiro atoms. The predicted octanol–water partition coefficient (Wildman–Crippen LogP) is 3.34. The first-order valence-electron chi connectivity index (χ1n) is 8.44. The number of carbonyl (C=O) groups excluding carboxylic acids is 1. The Kier molecular flexibility index (Phi) is 6.20. The second-order valence-electron chi connectivity index (χ2n) is 7.34. The molecule has 1 N–H and O–H groups in total. The molecule has 0 radical (unpaired) electrons. The van der Waals surface area contributed by atoms with E-state index in [0.717, 1.165) is 0 Å². The van der Waals surface area contributed by atoms with Crippen molar-refractivity contribution in [3.63, 3.8) is 0 Å². The molecule has 2 aromatic rings. The summed E-state index contributed by atoms with van der Waals surface area (Å²) >= 11 is 0. The molecule has 0 saturated heterocycles. The van der Waals surface area contributed by atoms with Crippen LogP contribution in [0.5, 0.6) is 0 Å². The second kappa shape index (κ2) is 8.07.